The van der Waals surface area contributed by atoms with Crippen molar-refractivity contribution in [3.63, 3.8) is 0 Å². The summed E-state index contributed by atoms with van der Waals surface area (Å²) in [5.41, 5.74) is 1.56. The van der Waals surface area contributed by atoms with E-state index in [1.165, 1.54) is 6.42 Å². The lowest BCUT2D eigenvalue weighted by atomic mass is 9.85. The Morgan fingerprint density at radius 2 is 2.20 bits per heavy atom. The van der Waals surface area contributed by atoms with E-state index in [1.807, 2.05) is 17.9 Å². The Morgan fingerprint density at radius 3 is 2.90 bits per heavy atom. The van der Waals surface area contributed by atoms with Gasteiger partial charge in [-0.1, -0.05) is 13.8 Å². The quantitative estimate of drug-likeness (QED) is 0.922. The molecule has 0 bridgehead atoms. The van der Waals surface area contributed by atoms with Crippen LogP contribution in [0.1, 0.15) is 44.5 Å². The normalized spacial score (nSPS) is 26.4. The minimum Gasteiger partial charge on any atom is -0.385 e. The largest absolute Gasteiger partial charge is 0.385 e. The maximum atomic E-state index is 12.8. The fourth-order valence-electron chi connectivity index (χ4n) is 3.05. The maximum Gasteiger partial charge on any atom is 0.257 e. The second-order valence-corrected chi connectivity index (χ2v) is 5.97. The van der Waals surface area contributed by atoms with Crippen LogP contribution in [0.4, 0.5) is 5.69 Å². The van der Waals surface area contributed by atoms with Crippen molar-refractivity contribution in [2.75, 3.05) is 18.4 Å². The molecular weight excluding hydrogens is 250 g/mol. The molecule has 1 amide bonds. The number of nitrogens with zero attached hydrogens (tertiary/aromatic N) is 2. The number of pyridine rings is 1. The van der Waals surface area contributed by atoms with E-state index in [2.05, 4.69) is 31.1 Å². The molecule has 1 fully saturated rings. The maximum absolute atomic E-state index is 12.8. The predicted octanol–water partition coefficient (Wildman–Crippen LogP) is 3.02. The first-order valence-corrected chi connectivity index (χ1v) is 7.53. The Kier molecular flexibility index (Phi) is 4.63. The molecule has 0 radical (unpaired) electrons. The first kappa shape index (κ1) is 14.8. The van der Waals surface area contributed by atoms with Gasteiger partial charge in [0.05, 0.1) is 11.3 Å². The summed E-state index contributed by atoms with van der Waals surface area (Å²) in [6.45, 7) is 10.3. The third-order valence-electron chi connectivity index (χ3n) is 4.28. The molecule has 1 aliphatic heterocycles. The summed E-state index contributed by atoms with van der Waals surface area (Å²) >= 11 is 0. The minimum atomic E-state index is 0.0972. The van der Waals surface area contributed by atoms with Gasteiger partial charge in [-0.2, -0.15) is 0 Å². The molecule has 1 aliphatic rings. The van der Waals surface area contributed by atoms with Crippen molar-refractivity contribution in [1.82, 2.24) is 9.88 Å². The average Bonchev–Trinajstić information content (AvgIpc) is 2.43. The van der Waals surface area contributed by atoms with Crippen LogP contribution < -0.4 is 5.32 Å². The highest BCUT2D eigenvalue weighted by Gasteiger charge is 2.33. The van der Waals surface area contributed by atoms with E-state index in [0.717, 1.165) is 18.8 Å². The number of carbonyl (C=O) groups excluding carboxylic acids is 1. The van der Waals surface area contributed by atoms with Crippen molar-refractivity contribution in [2.24, 2.45) is 11.8 Å². The number of rotatable bonds is 3. The van der Waals surface area contributed by atoms with Crippen LogP contribution in [0.25, 0.3) is 0 Å². The smallest absolute Gasteiger partial charge is 0.257 e. The number of amides is 1. The van der Waals surface area contributed by atoms with Crippen LogP contribution in [0.3, 0.4) is 0 Å². The van der Waals surface area contributed by atoms with Crippen molar-refractivity contribution >= 4 is 11.6 Å². The van der Waals surface area contributed by atoms with E-state index in [4.69, 9.17) is 0 Å². The SMILES string of the molecule is CCNc1ccncc1C(=O)N1CC(C)CC(C)C1C. The van der Waals surface area contributed by atoms with Crippen LogP contribution in [0.2, 0.25) is 0 Å². The van der Waals surface area contributed by atoms with E-state index in [-0.39, 0.29) is 11.9 Å². The molecule has 4 nitrogen and oxygen atoms in total. The number of hydrogen-bond acceptors (Lipinski definition) is 3. The summed E-state index contributed by atoms with van der Waals surface area (Å²) in [4.78, 5) is 19.0. The summed E-state index contributed by atoms with van der Waals surface area (Å²) < 4.78 is 0. The molecule has 2 heterocycles. The number of aromatic nitrogens is 1. The standard InChI is InChI=1S/C16H25N3O/c1-5-18-15-6-7-17-9-14(15)16(20)19-10-11(2)8-12(3)13(19)4/h6-7,9,11-13H,5,8,10H2,1-4H3,(H,17,18). The lowest BCUT2D eigenvalue weighted by Gasteiger charge is -2.41. The molecule has 0 aliphatic carbocycles. The Balaban J connectivity index is 2.26. The van der Waals surface area contributed by atoms with Crippen LogP contribution in [-0.4, -0.2) is 34.9 Å². The molecule has 0 saturated carbocycles. The number of piperidine rings is 1. The molecule has 2 rings (SSSR count). The van der Waals surface area contributed by atoms with Crippen molar-refractivity contribution in [3.8, 4) is 0 Å². The number of carbonyl (C=O) groups is 1. The Hall–Kier alpha value is -1.58. The predicted molar refractivity (Wildman–Crippen MR) is 81.8 cm³/mol. The van der Waals surface area contributed by atoms with E-state index in [9.17, 15) is 4.79 Å². The molecule has 1 aromatic rings. The van der Waals surface area contributed by atoms with Crippen LogP contribution in [0, 0.1) is 11.8 Å². The van der Waals surface area contributed by atoms with Gasteiger partial charge in [0.25, 0.3) is 5.91 Å². The number of hydrogen-bond donors (Lipinski definition) is 1. The van der Waals surface area contributed by atoms with Gasteiger partial charge in [0.15, 0.2) is 0 Å². The molecule has 0 aromatic carbocycles. The first-order chi connectivity index (χ1) is 9.54. The monoisotopic (exact) mass is 275 g/mol. The number of anilines is 1. The van der Waals surface area contributed by atoms with Crippen LogP contribution in [0.5, 0.6) is 0 Å². The Morgan fingerprint density at radius 1 is 1.45 bits per heavy atom. The van der Waals surface area contributed by atoms with Gasteiger partial charge in [-0.3, -0.25) is 9.78 Å². The van der Waals surface area contributed by atoms with Gasteiger partial charge >= 0.3 is 0 Å². The van der Waals surface area contributed by atoms with Gasteiger partial charge in [0, 0.05) is 31.5 Å². The average molecular weight is 275 g/mol. The third-order valence-corrected chi connectivity index (χ3v) is 4.28. The zero-order valence-corrected chi connectivity index (χ0v) is 12.9. The van der Waals surface area contributed by atoms with Crippen LogP contribution in [0.15, 0.2) is 18.5 Å². The Bertz CT molecular complexity index is 475. The highest BCUT2D eigenvalue weighted by molar-refractivity contribution is 5.99. The summed E-state index contributed by atoms with van der Waals surface area (Å²) in [7, 11) is 0. The van der Waals surface area contributed by atoms with E-state index < -0.39 is 0 Å². The summed E-state index contributed by atoms with van der Waals surface area (Å²) in [6, 6.07) is 2.16. The topological polar surface area (TPSA) is 45.2 Å². The Labute approximate surface area is 121 Å². The van der Waals surface area contributed by atoms with Crippen LogP contribution in [-0.2, 0) is 0 Å². The van der Waals surface area contributed by atoms with Gasteiger partial charge in [-0.25, -0.2) is 0 Å². The molecule has 110 valence electrons. The van der Waals surface area contributed by atoms with E-state index in [1.54, 1.807) is 12.4 Å². The zero-order chi connectivity index (χ0) is 14.7. The highest BCUT2D eigenvalue weighted by atomic mass is 16.2. The minimum absolute atomic E-state index is 0.0972. The fraction of sp³-hybridized carbons (Fsp3) is 0.625. The molecular formula is C16H25N3O. The van der Waals surface area contributed by atoms with E-state index in [0.29, 0.717) is 17.4 Å². The molecule has 3 atom stereocenters. The van der Waals surface area contributed by atoms with Gasteiger partial charge in [-0.15, -0.1) is 0 Å². The molecule has 4 heteroatoms. The second-order valence-electron chi connectivity index (χ2n) is 5.97. The van der Waals surface area contributed by atoms with Crippen molar-refractivity contribution in [3.05, 3.63) is 24.0 Å². The molecule has 1 saturated heterocycles. The van der Waals surface area contributed by atoms with Crippen LogP contribution >= 0.6 is 0 Å². The number of likely N-dealkylation sites (tertiary alicyclic amines) is 1. The highest BCUT2D eigenvalue weighted by Crippen LogP contribution is 2.29. The lowest BCUT2D eigenvalue weighted by molar-refractivity contribution is 0.0456. The number of nitrogens with one attached hydrogen (secondary N) is 1. The van der Waals surface area contributed by atoms with E-state index >= 15 is 0 Å². The first-order valence-electron chi connectivity index (χ1n) is 7.53. The van der Waals surface area contributed by atoms with Gasteiger partial charge in [0.1, 0.15) is 0 Å². The van der Waals surface area contributed by atoms with Gasteiger partial charge in [0.2, 0.25) is 0 Å². The van der Waals surface area contributed by atoms with Gasteiger partial charge in [-0.05, 0) is 38.2 Å². The summed E-state index contributed by atoms with van der Waals surface area (Å²) in [5.74, 6) is 1.20. The third kappa shape index (κ3) is 2.94. The molecule has 0 spiro atoms. The van der Waals surface area contributed by atoms with Crippen molar-refractivity contribution in [2.45, 2.75) is 40.2 Å². The lowest BCUT2D eigenvalue weighted by Crippen LogP contribution is -2.49. The molecule has 20 heavy (non-hydrogen) atoms. The van der Waals surface area contributed by atoms with Crippen molar-refractivity contribution in [1.29, 1.82) is 0 Å². The summed E-state index contributed by atoms with van der Waals surface area (Å²) in [5, 5.41) is 3.25. The molecule has 1 aromatic heterocycles. The zero-order valence-electron chi connectivity index (χ0n) is 12.9. The molecule has 3 unspecified atom stereocenters. The van der Waals surface area contributed by atoms with Crippen molar-refractivity contribution < 1.29 is 4.79 Å². The summed E-state index contributed by atoms with van der Waals surface area (Å²) in [6.07, 6.45) is 4.59. The van der Waals surface area contributed by atoms with Gasteiger partial charge < -0.3 is 10.2 Å². The fourth-order valence-corrected chi connectivity index (χ4v) is 3.05. The molecule has 1 N–H and O–H groups in total. The second kappa shape index (κ2) is 6.25.